The molecule has 1 amide bonds. The van der Waals surface area contributed by atoms with Gasteiger partial charge in [0.2, 0.25) is 5.91 Å². The maximum atomic E-state index is 13.1. The number of hydrogen-bond donors (Lipinski definition) is 2. The van der Waals surface area contributed by atoms with Gasteiger partial charge in [0, 0.05) is 30.7 Å². The molecule has 2 aromatic heterocycles. The number of aromatic nitrogens is 2. The maximum absolute atomic E-state index is 13.1. The average molecular weight is 409 g/mol. The average Bonchev–Trinajstić information content (AvgIpc) is 3.47. The minimum absolute atomic E-state index is 0.0494. The topological polar surface area (TPSA) is 114 Å². The number of furan rings is 1. The summed E-state index contributed by atoms with van der Waals surface area (Å²) in [5.74, 6) is -1.75. The van der Waals surface area contributed by atoms with Gasteiger partial charge in [0.15, 0.2) is 11.5 Å². The van der Waals surface area contributed by atoms with Crippen molar-refractivity contribution >= 4 is 17.7 Å². The van der Waals surface area contributed by atoms with Gasteiger partial charge in [-0.25, -0.2) is 9.78 Å². The Kier molecular flexibility index (Phi) is 7.15. The van der Waals surface area contributed by atoms with Gasteiger partial charge < -0.3 is 19.5 Å². The van der Waals surface area contributed by atoms with Gasteiger partial charge in [-0.05, 0) is 24.1 Å². The number of benzene rings is 1. The molecule has 0 fully saturated rings. The summed E-state index contributed by atoms with van der Waals surface area (Å²) in [4.78, 5) is 44.7. The minimum atomic E-state index is -0.903. The molecule has 8 heteroatoms. The van der Waals surface area contributed by atoms with Gasteiger partial charge in [0.1, 0.15) is 6.04 Å². The van der Waals surface area contributed by atoms with Crippen molar-refractivity contribution in [1.82, 2.24) is 15.3 Å². The van der Waals surface area contributed by atoms with E-state index in [-0.39, 0.29) is 24.4 Å². The number of methoxy groups -OCH3 is 1. The third-order valence-electron chi connectivity index (χ3n) is 4.70. The molecule has 30 heavy (non-hydrogen) atoms. The summed E-state index contributed by atoms with van der Waals surface area (Å²) >= 11 is 0. The number of amides is 1. The highest BCUT2D eigenvalue weighted by Gasteiger charge is 2.29. The number of nitrogens with zero attached hydrogens (tertiary/aromatic N) is 1. The molecule has 2 atom stereocenters. The van der Waals surface area contributed by atoms with Gasteiger partial charge in [-0.1, -0.05) is 30.3 Å². The highest BCUT2D eigenvalue weighted by atomic mass is 16.5. The van der Waals surface area contributed by atoms with Crippen molar-refractivity contribution < 1.29 is 23.5 Å². The van der Waals surface area contributed by atoms with E-state index in [0.717, 1.165) is 5.56 Å². The van der Waals surface area contributed by atoms with Crippen molar-refractivity contribution in [2.45, 2.75) is 25.3 Å². The molecular formula is C22H23N3O5. The normalized spacial score (nSPS) is 12.7. The van der Waals surface area contributed by atoms with Crippen LogP contribution >= 0.6 is 0 Å². The first-order valence-electron chi connectivity index (χ1n) is 9.53. The lowest BCUT2D eigenvalue weighted by molar-refractivity contribution is -0.145. The SMILES string of the molecule is COC(=O)[C@@H](Cc1cnc[nH]1)NC(=O)C(CC(=O)c1ccco1)Cc1ccccc1. The molecule has 8 nitrogen and oxygen atoms in total. The zero-order valence-corrected chi connectivity index (χ0v) is 16.5. The van der Waals surface area contributed by atoms with Crippen LogP contribution < -0.4 is 5.32 Å². The number of rotatable bonds is 10. The van der Waals surface area contributed by atoms with Gasteiger partial charge in [0.25, 0.3) is 0 Å². The molecule has 3 rings (SSSR count). The standard InChI is InChI=1S/C22H23N3O5/c1-29-22(28)18(12-17-13-23-14-24-17)25-21(27)16(10-15-6-3-2-4-7-15)11-19(26)20-8-5-9-30-20/h2-9,13-14,16,18H,10-12H2,1H3,(H,23,24)(H,25,27)/t16?,18-/m1/s1. The van der Waals surface area contributed by atoms with E-state index in [9.17, 15) is 14.4 Å². The number of aromatic amines is 1. The first-order valence-corrected chi connectivity index (χ1v) is 9.53. The number of H-pyrrole nitrogens is 1. The Morgan fingerprint density at radius 1 is 1.13 bits per heavy atom. The van der Waals surface area contributed by atoms with Crippen LogP contribution in [0.3, 0.4) is 0 Å². The molecule has 0 aliphatic carbocycles. The van der Waals surface area contributed by atoms with Crippen molar-refractivity contribution in [3.8, 4) is 0 Å². The van der Waals surface area contributed by atoms with Gasteiger partial charge in [-0.15, -0.1) is 0 Å². The molecule has 0 saturated heterocycles. The number of Topliss-reactive ketones (excluding diaryl/α,β-unsaturated/α-hetero) is 1. The lowest BCUT2D eigenvalue weighted by Gasteiger charge is -2.21. The highest BCUT2D eigenvalue weighted by Crippen LogP contribution is 2.17. The Labute approximate surface area is 173 Å². The summed E-state index contributed by atoms with van der Waals surface area (Å²) < 4.78 is 10.00. The third-order valence-corrected chi connectivity index (χ3v) is 4.70. The van der Waals surface area contributed by atoms with E-state index in [1.54, 1.807) is 18.3 Å². The Bertz CT molecular complexity index is 952. The zero-order valence-electron chi connectivity index (χ0n) is 16.5. The van der Waals surface area contributed by atoms with Crippen molar-refractivity contribution in [2.24, 2.45) is 5.92 Å². The molecule has 0 bridgehead atoms. The van der Waals surface area contributed by atoms with Crippen LogP contribution in [0.1, 0.15) is 28.2 Å². The first-order chi connectivity index (χ1) is 14.6. The predicted octanol–water partition coefficient (Wildman–Crippen LogP) is 2.33. The van der Waals surface area contributed by atoms with E-state index in [1.165, 1.54) is 19.7 Å². The molecule has 0 aliphatic rings. The number of imidazole rings is 1. The summed E-state index contributed by atoms with van der Waals surface area (Å²) in [6, 6.07) is 11.7. The van der Waals surface area contributed by atoms with Gasteiger partial charge in [-0.2, -0.15) is 0 Å². The molecule has 0 aliphatic heterocycles. The van der Waals surface area contributed by atoms with Crippen molar-refractivity contribution in [1.29, 1.82) is 0 Å². The Balaban J connectivity index is 1.76. The number of esters is 1. The van der Waals surface area contributed by atoms with E-state index in [0.29, 0.717) is 12.1 Å². The molecule has 1 aromatic carbocycles. The van der Waals surface area contributed by atoms with Gasteiger partial charge in [0.05, 0.1) is 19.7 Å². The number of ketones is 1. The Morgan fingerprint density at radius 2 is 1.93 bits per heavy atom. The van der Waals surface area contributed by atoms with E-state index in [2.05, 4.69) is 15.3 Å². The van der Waals surface area contributed by atoms with Crippen LogP contribution in [0, 0.1) is 5.92 Å². The number of carbonyl (C=O) groups excluding carboxylic acids is 3. The number of hydrogen-bond acceptors (Lipinski definition) is 6. The first kappa shape index (κ1) is 21.0. The molecule has 0 radical (unpaired) electrons. The third kappa shape index (κ3) is 5.66. The van der Waals surface area contributed by atoms with Gasteiger partial charge >= 0.3 is 5.97 Å². The fraction of sp³-hybridized carbons (Fsp3) is 0.273. The Hall–Kier alpha value is -3.68. The van der Waals surface area contributed by atoms with E-state index < -0.39 is 23.8 Å². The molecule has 3 aromatic rings. The summed E-state index contributed by atoms with van der Waals surface area (Å²) in [5, 5.41) is 2.73. The summed E-state index contributed by atoms with van der Waals surface area (Å²) in [6.45, 7) is 0. The summed E-state index contributed by atoms with van der Waals surface area (Å²) in [5.41, 5.74) is 1.59. The molecule has 1 unspecified atom stereocenters. The second-order valence-electron chi connectivity index (χ2n) is 6.86. The number of carbonyl (C=O) groups is 3. The Morgan fingerprint density at radius 3 is 2.57 bits per heavy atom. The lowest BCUT2D eigenvalue weighted by Crippen LogP contribution is -2.46. The predicted molar refractivity (Wildman–Crippen MR) is 108 cm³/mol. The number of ether oxygens (including phenoxy) is 1. The minimum Gasteiger partial charge on any atom is -0.467 e. The molecular weight excluding hydrogens is 386 g/mol. The van der Waals surface area contributed by atoms with Crippen LogP contribution in [0.25, 0.3) is 0 Å². The summed E-state index contributed by atoms with van der Waals surface area (Å²) in [7, 11) is 1.26. The molecule has 2 N–H and O–H groups in total. The van der Waals surface area contributed by atoms with E-state index in [4.69, 9.17) is 9.15 Å². The molecule has 2 heterocycles. The molecule has 0 spiro atoms. The molecule has 0 saturated carbocycles. The highest BCUT2D eigenvalue weighted by molar-refractivity contribution is 5.97. The van der Waals surface area contributed by atoms with Crippen LogP contribution in [-0.4, -0.2) is 40.8 Å². The monoisotopic (exact) mass is 409 g/mol. The van der Waals surface area contributed by atoms with Crippen molar-refractivity contribution in [2.75, 3.05) is 7.11 Å². The fourth-order valence-corrected chi connectivity index (χ4v) is 3.16. The van der Waals surface area contributed by atoms with Crippen LogP contribution in [0.15, 0.2) is 65.7 Å². The largest absolute Gasteiger partial charge is 0.467 e. The smallest absolute Gasteiger partial charge is 0.328 e. The van der Waals surface area contributed by atoms with Crippen LogP contribution in [-0.2, 0) is 27.2 Å². The second-order valence-corrected chi connectivity index (χ2v) is 6.86. The van der Waals surface area contributed by atoms with E-state index in [1.807, 2.05) is 30.3 Å². The summed E-state index contributed by atoms with van der Waals surface area (Å²) in [6.07, 6.45) is 4.97. The number of nitrogens with one attached hydrogen (secondary N) is 2. The molecule has 156 valence electrons. The van der Waals surface area contributed by atoms with E-state index >= 15 is 0 Å². The van der Waals surface area contributed by atoms with Crippen molar-refractivity contribution in [3.63, 3.8) is 0 Å². The maximum Gasteiger partial charge on any atom is 0.328 e. The van der Waals surface area contributed by atoms with Crippen molar-refractivity contribution in [3.05, 3.63) is 78.3 Å². The van der Waals surface area contributed by atoms with Gasteiger partial charge in [-0.3, -0.25) is 9.59 Å². The fourth-order valence-electron chi connectivity index (χ4n) is 3.16. The quantitative estimate of drug-likeness (QED) is 0.392. The lowest BCUT2D eigenvalue weighted by atomic mass is 9.92. The zero-order chi connectivity index (χ0) is 21.3. The van der Waals surface area contributed by atoms with Crippen LogP contribution in [0.4, 0.5) is 0 Å². The second kappa shape index (κ2) is 10.2. The van der Waals surface area contributed by atoms with Crippen LogP contribution in [0.5, 0.6) is 0 Å². The van der Waals surface area contributed by atoms with Crippen LogP contribution in [0.2, 0.25) is 0 Å².